The third kappa shape index (κ3) is 4.40. The molecule has 0 saturated heterocycles. The molecule has 8 nitrogen and oxygen atoms in total. The van der Waals surface area contributed by atoms with Crippen molar-refractivity contribution >= 4 is 16.9 Å². The Balaban J connectivity index is 1.56. The quantitative estimate of drug-likeness (QED) is 0.597. The van der Waals surface area contributed by atoms with Crippen molar-refractivity contribution in [3.63, 3.8) is 0 Å². The Morgan fingerprint density at radius 3 is 2.87 bits per heavy atom. The molecule has 1 fully saturated rings. The van der Waals surface area contributed by atoms with E-state index in [1.54, 1.807) is 18.2 Å². The number of phenolic OH excluding ortho intramolecular Hbond substituents is 1. The van der Waals surface area contributed by atoms with Crippen molar-refractivity contribution in [1.82, 2.24) is 30.5 Å². The van der Waals surface area contributed by atoms with Crippen LogP contribution in [0.4, 0.5) is 4.39 Å². The summed E-state index contributed by atoms with van der Waals surface area (Å²) < 4.78 is 19.6. The number of hydrogen-bond acceptors (Lipinski definition) is 9. The molecule has 1 saturated carbocycles. The number of methoxy groups -OCH3 is 1. The highest BCUT2D eigenvalue weighted by molar-refractivity contribution is 7.15. The zero-order valence-corrected chi connectivity index (χ0v) is 18.1. The van der Waals surface area contributed by atoms with E-state index in [2.05, 4.69) is 37.0 Å². The molecule has 2 N–H and O–H groups in total. The number of aromatic hydroxyl groups is 1. The summed E-state index contributed by atoms with van der Waals surface area (Å²) in [7, 11) is 3.36. The van der Waals surface area contributed by atoms with E-state index in [1.807, 2.05) is 7.05 Å². The van der Waals surface area contributed by atoms with Gasteiger partial charge < -0.3 is 15.2 Å². The second-order valence-corrected chi connectivity index (χ2v) is 8.36. The lowest BCUT2D eigenvalue weighted by atomic mass is 9.80. The lowest BCUT2D eigenvalue weighted by molar-refractivity contribution is 0.180. The third-order valence-electron chi connectivity index (χ3n) is 5.54. The van der Waals surface area contributed by atoms with Crippen LogP contribution in [0, 0.1) is 5.92 Å². The first-order chi connectivity index (χ1) is 15.0. The zero-order chi connectivity index (χ0) is 22.0. The van der Waals surface area contributed by atoms with Crippen molar-refractivity contribution in [2.75, 3.05) is 14.2 Å². The minimum Gasteiger partial charge on any atom is -0.507 e. The Morgan fingerprint density at radius 2 is 2.13 bits per heavy atom. The van der Waals surface area contributed by atoms with Crippen molar-refractivity contribution in [2.24, 2.45) is 5.92 Å². The number of nitrogens with one attached hydrogen (secondary N) is 1. The summed E-state index contributed by atoms with van der Waals surface area (Å²) in [6.45, 7) is 4.11. The van der Waals surface area contributed by atoms with E-state index in [1.165, 1.54) is 24.8 Å². The highest BCUT2D eigenvalue weighted by atomic mass is 32.1. The Hall–Kier alpha value is -2.98. The van der Waals surface area contributed by atoms with Crippen molar-refractivity contribution in [3.8, 4) is 33.7 Å². The summed E-state index contributed by atoms with van der Waals surface area (Å²) >= 11 is 1.29. The van der Waals surface area contributed by atoms with Gasteiger partial charge >= 0.3 is 6.01 Å². The van der Waals surface area contributed by atoms with Gasteiger partial charge in [0.1, 0.15) is 23.3 Å². The van der Waals surface area contributed by atoms with Gasteiger partial charge in [-0.1, -0.05) is 24.0 Å². The van der Waals surface area contributed by atoms with Gasteiger partial charge in [0.15, 0.2) is 10.8 Å². The smallest absolute Gasteiger partial charge is 0.319 e. The largest absolute Gasteiger partial charge is 0.507 e. The Kier molecular flexibility index (Phi) is 6.19. The summed E-state index contributed by atoms with van der Waals surface area (Å²) in [5.41, 5.74) is 1.79. The number of ether oxygens (including phenoxy) is 1. The average Bonchev–Trinajstić information content (AvgIpc) is 3.29. The molecular weight excluding hydrogens is 419 g/mol. The van der Waals surface area contributed by atoms with E-state index in [-0.39, 0.29) is 23.7 Å². The van der Waals surface area contributed by atoms with Crippen LogP contribution in [-0.2, 0) is 0 Å². The van der Waals surface area contributed by atoms with Crippen LogP contribution in [0.1, 0.15) is 24.3 Å². The van der Waals surface area contributed by atoms with Crippen LogP contribution in [0.3, 0.4) is 0 Å². The summed E-state index contributed by atoms with van der Waals surface area (Å²) in [4.78, 5) is 12.2. The van der Waals surface area contributed by atoms with Crippen LogP contribution in [0.15, 0.2) is 31.1 Å². The molecule has 1 aliphatic carbocycles. The predicted molar refractivity (Wildman–Crippen MR) is 117 cm³/mol. The maximum Gasteiger partial charge on any atom is 0.319 e. The van der Waals surface area contributed by atoms with E-state index in [0.717, 1.165) is 6.42 Å². The van der Waals surface area contributed by atoms with Crippen molar-refractivity contribution < 1.29 is 14.2 Å². The molecule has 0 radical (unpaired) electrons. The summed E-state index contributed by atoms with van der Waals surface area (Å²) in [6, 6.07) is 5.51. The summed E-state index contributed by atoms with van der Waals surface area (Å²) in [5, 5.41) is 23.4. The molecule has 31 heavy (non-hydrogen) atoms. The van der Waals surface area contributed by atoms with Gasteiger partial charge in [-0.3, -0.25) is 0 Å². The molecule has 3 atom stereocenters. The van der Waals surface area contributed by atoms with E-state index < -0.39 is 6.17 Å². The Morgan fingerprint density at radius 1 is 1.29 bits per heavy atom. The molecule has 2 aromatic heterocycles. The number of allylic oxidation sites excluding steroid dienone is 1. The number of aromatic nitrogens is 5. The topological polar surface area (TPSA) is 106 Å². The maximum atomic E-state index is 14.5. The fraction of sp³-hybridized carbons (Fsp3) is 0.381. The van der Waals surface area contributed by atoms with Gasteiger partial charge in [-0.2, -0.15) is 9.97 Å². The van der Waals surface area contributed by atoms with Crippen molar-refractivity contribution in [3.05, 3.63) is 36.1 Å². The second kappa shape index (κ2) is 9.03. The zero-order valence-electron chi connectivity index (χ0n) is 17.2. The molecule has 3 aromatic rings. The average molecular weight is 443 g/mol. The van der Waals surface area contributed by atoms with Gasteiger partial charge in [-0.25, -0.2) is 9.37 Å². The van der Waals surface area contributed by atoms with Gasteiger partial charge in [0.25, 0.3) is 0 Å². The van der Waals surface area contributed by atoms with Crippen molar-refractivity contribution in [1.29, 1.82) is 0 Å². The number of nitrogens with zero attached hydrogens (tertiary/aromatic N) is 5. The number of hydrogen-bond donors (Lipinski definition) is 2. The van der Waals surface area contributed by atoms with E-state index in [9.17, 15) is 9.50 Å². The normalized spacial score (nSPS) is 21.1. The first kappa shape index (κ1) is 21.3. The summed E-state index contributed by atoms with van der Waals surface area (Å²) in [5.74, 6) is 0.105. The molecule has 2 unspecified atom stereocenters. The van der Waals surface area contributed by atoms with Crippen molar-refractivity contribution in [2.45, 2.75) is 31.5 Å². The second-order valence-electron chi connectivity index (χ2n) is 7.39. The van der Waals surface area contributed by atoms with Gasteiger partial charge in [-0.05, 0) is 44.0 Å². The first-order valence-electron chi connectivity index (χ1n) is 9.91. The van der Waals surface area contributed by atoms with E-state index in [0.29, 0.717) is 45.4 Å². The molecule has 0 amide bonds. The molecule has 0 bridgehead atoms. The lowest BCUT2D eigenvalue weighted by Crippen LogP contribution is -2.36. The SMILES string of the molecule is C=C(c1nnc(-c2ccc(-c3ncnc(OC)n3)cc2O)s1)[C@H]1CC(NC)CCC1F. The van der Waals surface area contributed by atoms with Crippen LogP contribution in [0.5, 0.6) is 11.8 Å². The van der Waals surface area contributed by atoms with Gasteiger partial charge in [0.05, 0.1) is 12.7 Å². The van der Waals surface area contributed by atoms with E-state index >= 15 is 0 Å². The fourth-order valence-electron chi connectivity index (χ4n) is 3.75. The molecule has 162 valence electrons. The van der Waals surface area contributed by atoms with Crippen LogP contribution in [-0.4, -0.2) is 56.6 Å². The highest BCUT2D eigenvalue weighted by Crippen LogP contribution is 2.40. The molecule has 1 aromatic carbocycles. The van der Waals surface area contributed by atoms with Gasteiger partial charge in [0.2, 0.25) is 0 Å². The minimum absolute atomic E-state index is 0.0153. The molecule has 2 heterocycles. The Bertz CT molecular complexity index is 1090. The van der Waals surface area contributed by atoms with E-state index in [4.69, 9.17) is 4.74 Å². The number of rotatable bonds is 6. The number of benzene rings is 1. The number of halogens is 1. The third-order valence-corrected chi connectivity index (χ3v) is 6.57. The lowest BCUT2D eigenvalue weighted by Gasteiger charge is -2.32. The Labute approximate surface area is 183 Å². The standard InChI is InChI=1S/C21H23FN6O2S/c1-11(15-9-13(23-2)5-7-16(15)22)19-27-28-20(31-19)14-6-4-12(8-17(14)29)18-24-10-25-21(26-18)30-3/h4,6,8,10,13,15-16,23,29H,1,5,7,9H2,2-3H3/t13?,15-,16?/m1/s1. The molecule has 4 rings (SSSR count). The highest BCUT2D eigenvalue weighted by Gasteiger charge is 2.33. The first-order valence-corrected chi connectivity index (χ1v) is 10.7. The molecule has 10 heteroatoms. The number of phenols is 1. The monoisotopic (exact) mass is 442 g/mol. The molecule has 0 spiro atoms. The summed E-state index contributed by atoms with van der Waals surface area (Å²) in [6.07, 6.45) is 2.41. The van der Waals surface area contributed by atoms with Crippen LogP contribution < -0.4 is 10.1 Å². The molecular formula is C21H23FN6O2S. The van der Waals surface area contributed by atoms with Crippen LogP contribution in [0.2, 0.25) is 0 Å². The van der Waals surface area contributed by atoms with Gasteiger partial charge in [0, 0.05) is 17.5 Å². The number of alkyl halides is 1. The molecule has 1 aliphatic rings. The maximum absolute atomic E-state index is 14.5. The minimum atomic E-state index is -0.936. The predicted octanol–water partition coefficient (Wildman–Crippen LogP) is 3.51. The van der Waals surface area contributed by atoms with Gasteiger partial charge in [-0.15, -0.1) is 10.2 Å². The fourth-order valence-corrected chi connectivity index (χ4v) is 4.66. The van der Waals surface area contributed by atoms with Crippen LogP contribution >= 0.6 is 11.3 Å². The molecule has 0 aliphatic heterocycles. The van der Waals surface area contributed by atoms with Crippen LogP contribution in [0.25, 0.3) is 27.5 Å².